The number of nitrogens with one attached hydrogen (secondary N) is 1. The molecule has 1 amide bonds. The third-order valence-electron chi connectivity index (χ3n) is 5.08. The molecule has 0 bridgehead atoms. The number of hydrogen-bond acceptors (Lipinski definition) is 3. The molecule has 0 saturated heterocycles. The zero-order chi connectivity index (χ0) is 17.9. The maximum Gasteiger partial charge on any atom is 0.223 e. The van der Waals surface area contributed by atoms with E-state index in [1.54, 1.807) is 7.11 Å². The van der Waals surface area contributed by atoms with Crippen LogP contribution in [-0.4, -0.2) is 24.5 Å². The lowest BCUT2D eigenvalue weighted by Crippen LogP contribution is -2.27. The number of fused-ring (bicyclic) bond motifs is 1. The monoisotopic (exact) mass is 346 g/mol. The number of benzene rings is 2. The van der Waals surface area contributed by atoms with E-state index in [9.17, 15) is 4.79 Å². The molecule has 1 heterocycles. The van der Waals surface area contributed by atoms with Crippen LogP contribution in [0.1, 0.15) is 23.5 Å². The zero-order valence-electron chi connectivity index (χ0n) is 14.8. The van der Waals surface area contributed by atoms with Crippen molar-refractivity contribution < 1.29 is 9.53 Å². The first-order valence-corrected chi connectivity index (χ1v) is 9.00. The standard InChI is InChI=1S/C22H22N2O2/c1-26-18-9-7-15(8-10-18)19-14-20(19)22(25)24-13-11-17-5-2-4-16-6-3-12-23-21(16)17/h2-10,12,19-20H,11,13-14H2,1H3,(H,24,25)/t19-,20+/m1/s1. The van der Waals surface area contributed by atoms with Gasteiger partial charge < -0.3 is 10.1 Å². The molecule has 4 heteroatoms. The SMILES string of the molecule is COc1ccc([C@H]2C[C@@H]2C(=O)NCCc2cccc3cccnc23)cc1. The largest absolute Gasteiger partial charge is 0.497 e. The quantitative estimate of drug-likeness (QED) is 0.740. The molecule has 4 nitrogen and oxygen atoms in total. The van der Waals surface area contributed by atoms with Crippen molar-refractivity contribution >= 4 is 16.8 Å². The van der Waals surface area contributed by atoms with Gasteiger partial charge in [-0.1, -0.05) is 36.4 Å². The van der Waals surface area contributed by atoms with Crippen molar-refractivity contribution in [1.82, 2.24) is 10.3 Å². The lowest BCUT2D eigenvalue weighted by atomic mass is 10.1. The minimum atomic E-state index is 0.0917. The van der Waals surface area contributed by atoms with Gasteiger partial charge in [0.2, 0.25) is 5.91 Å². The molecule has 1 aliphatic rings. The van der Waals surface area contributed by atoms with Crippen molar-refractivity contribution in [3.63, 3.8) is 0 Å². The summed E-state index contributed by atoms with van der Waals surface area (Å²) in [5.41, 5.74) is 3.40. The van der Waals surface area contributed by atoms with Crippen LogP contribution in [0.2, 0.25) is 0 Å². The molecule has 3 aromatic rings. The number of amides is 1. The highest BCUT2D eigenvalue weighted by molar-refractivity contribution is 5.83. The van der Waals surface area contributed by atoms with E-state index in [-0.39, 0.29) is 11.8 Å². The molecule has 0 unspecified atom stereocenters. The number of carbonyl (C=O) groups excluding carboxylic acids is 1. The summed E-state index contributed by atoms with van der Waals surface area (Å²) in [4.78, 5) is 16.9. The smallest absolute Gasteiger partial charge is 0.223 e. The Balaban J connectivity index is 1.32. The van der Waals surface area contributed by atoms with Gasteiger partial charge in [0.25, 0.3) is 0 Å². The number of methoxy groups -OCH3 is 1. The molecule has 1 N–H and O–H groups in total. The first-order chi connectivity index (χ1) is 12.8. The topological polar surface area (TPSA) is 51.2 Å². The molecule has 26 heavy (non-hydrogen) atoms. The number of ether oxygens (including phenoxy) is 1. The number of para-hydroxylation sites is 1. The third-order valence-corrected chi connectivity index (χ3v) is 5.08. The fourth-order valence-corrected chi connectivity index (χ4v) is 3.52. The van der Waals surface area contributed by atoms with E-state index in [2.05, 4.69) is 40.6 Å². The molecule has 0 aliphatic heterocycles. The molecule has 1 aliphatic carbocycles. The summed E-state index contributed by atoms with van der Waals surface area (Å²) in [6.07, 6.45) is 3.53. The van der Waals surface area contributed by atoms with Crippen LogP contribution in [0, 0.1) is 5.92 Å². The first kappa shape index (κ1) is 16.6. The Morgan fingerprint density at radius 3 is 2.77 bits per heavy atom. The van der Waals surface area contributed by atoms with Crippen molar-refractivity contribution in [1.29, 1.82) is 0 Å². The van der Waals surface area contributed by atoms with E-state index in [0.29, 0.717) is 12.5 Å². The Hall–Kier alpha value is -2.88. The van der Waals surface area contributed by atoms with Crippen LogP contribution in [0.15, 0.2) is 60.8 Å². The van der Waals surface area contributed by atoms with Crippen molar-refractivity contribution in [2.24, 2.45) is 5.92 Å². The molecule has 0 spiro atoms. The molecule has 1 aromatic heterocycles. The molecule has 2 atom stereocenters. The molecular formula is C22H22N2O2. The van der Waals surface area contributed by atoms with Gasteiger partial charge in [-0.3, -0.25) is 9.78 Å². The molecular weight excluding hydrogens is 324 g/mol. The number of rotatable bonds is 6. The van der Waals surface area contributed by atoms with E-state index >= 15 is 0 Å². The van der Waals surface area contributed by atoms with Crippen LogP contribution < -0.4 is 10.1 Å². The van der Waals surface area contributed by atoms with Gasteiger partial charge in [-0.2, -0.15) is 0 Å². The summed E-state index contributed by atoms with van der Waals surface area (Å²) in [5, 5.41) is 4.23. The van der Waals surface area contributed by atoms with Crippen LogP contribution in [0.5, 0.6) is 5.75 Å². The molecule has 4 rings (SSSR count). The number of hydrogen-bond donors (Lipinski definition) is 1. The van der Waals surface area contributed by atoms with Crippen LogP contribution in [-0.2, 0) is 11.2 Å². The van der Waals surface area contributed by atoms with E-state index in [1.165, 1.54) is 11.1 Å². The normalized spacial score (nSPS) is 18.5. The summed E-state index contributed by atoms with van der Waals surface area (Å²) in [7, 11) is 1.66. The number of aromatic nitrogens is 1. The number of nitrogens with zero attached hydrogens (tertiary/aromatic N) is 1. The molecule has 2 aromatic carbocycles. The Kier molecular flexibility index (Phi) is 4.57. The minimum Gasteiger partial charge on any atom is -0.497 e. The van der Waals surface area contributed by atoms with Crippen molar-refractivity contribution in [2.75, 3.05) is 13.7 Å². The summed E-state index contributed by atoms with van der Waals surface area (Å²) in [6.45, 7) is 0.639. The van der Waals surface area contributed by atoms with Gasteiger partial charge >= 0.3 is 0 Å². The molecule has 1 fully saturated rings. The van der Waals surface area contributed by atoms with Gasteiger partial charge in [0, 0.05) is 24.0 Å². The lowest BCUT2D eigenvalue weighted by Gasteiger charge is -2.08. The van der Waals surface area contributed by atoms with Crippen molar-refractivity contribution in [2.45, 2.75) is 18.8 Å². The second kappa shape index (κ2) is 7.16. The fraction of sp³-hybridized carbons (Fsp3) is 0.273. The second-order valence-electron chi connectivity index (χ2n) is 6.76. The second-order valence-corrected chi connectivity index (χ2v) is 6.76. The van der Waals surface area contributed by atoms with E-state index < -0.39 is 0 Å². The summed E-state index contributed by atoms with van der Waals surface area (Å²) in [6, 6.07) is 18.2. The van der Waals surface area contributed by atoms with Gasteiger partial charge in [-0.05, 0) is 48.1 Å². The Morgan fingerprint density at radius 1 is 1.15 bits per heavy atom. The Labute approximate surface area is 153 Å². The fourth-order valence-electron chi connectivity index (χ4n) is 3.52. The van der Waals surface area contributed by atoms with Crippen molar-refractivity contribution in [3.05, 3.63) is 71.9 Å². The highest BCUT2D eigenvalue weighted by Crippen LogP contribution is 2.47. The maximum atomic E-state index is 12.4. The molecule has 0 radical (unpaired) electrons. The summed E-state index contributed by atoms with van der Waals surface area (Å²) in [5.74, 6) is 1.42. The third kappa shape index (κ3) is 3.40. The Bertz CT molecular complexity index is 916. The van der Waals surface area contributed by atoms with Crippen LogP contribution in [0.25, 0.3) is 10.9 Å². The predicted octanol–water partition coefficient (Wildman–Crippen LogP) is 3.71. The van der Waals surface area contributed by atoms with Gasteiger partial charge in [-0.25, -0.2) is 0 Å². The van der Waals surface area contributed by atoms with Gasteiger partial charge in [0.05, 0.1) is 12.6 Å². The van der Waals surface area contributed by atoms with E-state index in [0.717, 1.165) is 29.5 Å². The van der Waals surface area contributed by atoms with E-state index in [4.69, 9.17) is 4.74 Å². The number of carbonyl (C=O) groups is 1. The zero-order valence-corrected chi connectivity index (χ0v) is 14.8. The van der Waals surface area contributed by atoms with Gasteiger partial charge in [0.1, 0.15) is 5.75 Å². The highest BCUT2D eigenvalue weighted by atomic mass is 16.5. The van der Waals surface area contributed by atoms with Crippen molar-refractivity contribution in [3.8, 4) is 5.75 Å². The lowest BCUT2D eigenvalue weighted by molar-refractivity contribution is -0.122. The van der Waals surface area contributed by atoms with Gasteiger partial charge in [0.15, 0.2) is 0 Å². The molecule has 1 saturated carbocycles. The van der Waals surface area contributed by atoms with Crippen LogP contribution in [0.4, 0.5) is 0 Å². The average Bonchev–Trinajstić information content (AvgIpc) is 3.49. The molecule has 132 valence electrons. The highest BCUT2D eigenvalue weighted by Gasteiger charge is 2.43. The van der Waals surface area contributed by atoms with Gasteiger partial charge in [-0.15, -0.1) is 0 Å². The minimum absolute atomic E-state index is 0.0917. The van der Waals surface area contributed by atoms with E-state index in [1.807, 2.05) is 30.5 Å². The maximum absolute atomic E-state index is 12.4. The van der Waals surface area contributed by atoms with Crippen LogP contribution in [0.3, 0.4) is 0 Å². The first-order valence-electron chi connectivity index (χ1n) is 9.00. The van der Waals surface area contributed by atoms with Crippen LogP contribution >= 0.6 is 0 Å². The number of pyridine rings is 1. The Morgan fingerprint density at radius 2 is 1.96 bits per heavy atom. The average molecular weight is 346 g/mol. The predicted molar refractivity (Wildman–Crippen MR) is 102 cm³/mol. The summed E-state index contributed by atoms with van der Waals surface area (Å²) < 4.78 is 5.18. The summed E-state index contributed by atoms with van der Waals surface area (Å²) >= 11 is 0.